The molecule has 0 saturated carbocycles. The predicted octanol–water partition coefficient (Wildman–Crippen LogP) is 5.80. The zero-order valence-corrected chi connectivity index (χ0v) is 15.1. The maximum absolute atomic E-state index is 12.3. The van der Waals surface area contributed by atoms with Gasteiger partial charge in [-0.1, -0.05) is 23.2 Å². The highest BCUT2D eigenvalue weighted by atomic mass is 79.9. The molecule has 116 valence electrons. The first-order valence-electron chi connectivity index (χ1n) is 6.59. The molecule has 0 heterocycles. The summed E-state index contributed by atoms with van der Waals surface area (Å²) in [7, 11) is 0. The van der Waals surface area contributed by atoms with E-state index in [1.807, 2.05) is 13.8 Å². The van der Waals surface area contributed by atoms with Crippen LogP contribution < -0.4 is 10.1 Å². The fourth-order valence-corrected chi connectivity index (χ4v) is 2.82. The number of nitrogens with one attached hydrogen (secondary N) is 1. The van der Waals surface area contributed by atoms with E-state index in [-0.39, 0.29) is 12.0 Å². The summed E-state index contributed by atoms with van der Waals surface area (Å²) in [4.78, 5) is 12.3. The molecule has 0 bridgehead atoms. The SMILES string of the molecule is CC(C)Oc1ccc(C(=O)Nc2cc(Cl)cc(Cl)c2)cc1Br. The van der Waals surface area contributed by atoms with Crippen LogP contribution in [-0.4, -0.2) is 12.0 Å². The summed E-state index contributed by atoms with van der Waals surface area (Å²) < 4.78 is 6.34. The normalized spacial score (nSPS) is 10.6. The fourth-order valence-electron chi connectivity index (χ4n) is 1.82. The van der Waals surface area contributed by atoms with Crippen LogP contribution in [0, 0.1) is 0 Å². The Morgan fingerprint density at radius 3 is 2.32 bits per heavy atom. The smallest absolute Gasteiger partial charge is 0.255 e. The number of ether oxygens (including phenoxy) is 1. The second-order valence-electron chi connectivity index (χ2n) is 4.92. The van der Waals surface area contributed by atoms with Crippen LogP contribution in [-0.2, 0) is 0 Å². The van der Waals surface area contributed by atoms with Crippen LogP contribution in [0.15, 0.2) is 40.9 Å². The highest BCUT2D eigenvalue weighted by molar-refractivity contribution is 9.10. The van der Waals surface area contributed by atoms with Gasteiger partial charge >= 0.3 is 0 Å². The van der Waals surface area contributed by atoms with E-state index in [9.17, 15) is 4.79 Å². The third-order valence-corrected chi connectivity index (χ3v) is 3.73. The van der Waals surface area contributed by atoms with Crippen LogP contribution >= 0.6 is 39.1 Å². The number of carbonyl (C=O) groups excluding carboxylic acids is 1. The molecule has 3 nitrogen and oxygen atoms in total. The molecule has 2 aromatic carbocycles. The minimum Gasteiger partial charge on any atom is -0.490 e. The van der Waals surface area contributed by atoms with Gasteiger partial charge < -0.3 is 10.1 Å². The van der Waals surface area contributed by atoms with Gasteiger partial charge in [0.05, 0.1) is 10.6 Å². The van der Waals surface area contributed by atoms with Crippen LogP contribution in [0.4, 0.5) is 5.69 Å². The lowest BCUT2D eigenvalue weighted by Gasteiger charge is -2.12. The number of carbonyl (C=O) groups is 1. The van der Waals surface area contributed by atoms with Gasteiger partial charge in [0.1, 0.15) is 5.75 Å². The second kappa shape index (κ2) is 7.36. The topological polar surface area (TPSA) is 38.3 Å². The van der Waals surface area contributed by atoms with Gasteiger partial charge in [-0.25, -0.2) is 0 Å². The first-order valence-corrected chi connectivity index (χ1v) is 8.13. The van der Waals surface area contributed by atoms with Gasteiger partial charge in [0.2, 0.25) is 0 Å². The van der Waals surface area contributed by atoms with Crippen molar-refractivity contribution < 1.29 is 9.53 Å². The second-order valence-corrected chi connectivity index (χ2v) is 6.65. The zero-order valence-electron chi connectivity index (χ0n) is 12.0. The third-order valence-electron chi connectivity index (χ3n) is 2.68. The highest BCUT2D eigenvalue weighted by Gasteiger charge is 2.11. The number of benzene rings is 2. The van der Waals surface area contributed by atoms with Gasteiger partial charge in [-0.3, -0.25) is 4.79 Å². The Hall–Kier alpha value is -1.23. The monoisotopic (exact) mass is 401 g/mol. The summed E-state index contributed by atoms with van der Waals surface area (Å²) in [6.45, 7) is 3.88. The first kappa shape index (κ1) is 17.1. The molecule has 0 aliphatic heterocycles. The molecule has 1 N–H and O–H groups in total. The molecule has 0 aliphatic carbocycles. The van der Waals surface area contributed by atoms with Gasteiger partial charge in [0, 0.05) is 21.3 Å². The van der Waals surface area contributed by atoms with Gasteiger partial charge in [-0.15, -0.1) is 0 Å². The van der Waals surface area contributed by atoms with Crippen LogP contribution in [0.1, 0.15) is 24.2 Å². The van der Waals surface area contributed by atoms with Crippen molar-refractivity contribution in [2.75, 3.05) is 5.32 Å². The average molecular weight is 403 g/mol. The predicted molar refractivity (Wildman–Crippen MR) is 94.3 cm³/mol. The Morgan fingerprint density at radius 1 is 1.14 bits per heavy atom. The maximum atomic E-state index is 12.3. The Bertz CT molecular complexity index is 684. The Labute approximate surface area is 147 Å². The van der Waals surface area contributed by atoms with E-state index in [2.05, 4.69) is 21.2 Å². The van der Waals surface area contributed by atoms with Gasteiger partial charge in [0.25, 0.3) is 5.91 Å². The van der Waals surface area contributed by atoms with E-state index >= 15 is 0 Å². The molecule has 22 heavy (non-hydrogen) atoms. The van der Waals surface area contributed by atoms with Crippen molar-refractivity contribution in [2.45, 2.75) is 20.0 Å². The number of hydrogen-bond donors (Lipinski definition) is 1. The first-order chi connectivity index (χ1) is 10.3. The van der Waals surface area contributed by atoms with E-state index in [0.717, 1.165) is 4.47 Å². The van der Waals surface area contributed by atoms with Crippen LogP contribution in [0.2, 0.25) is 10.0 Å². The van der Waals surface area contributed by atoms with E-state index < -0.39 is 0 Å². The minimum absolute atomic E-state index is 0.0598. The van der Waals surface area contributed by atoms with Gasteiger partial charge in [-0.2, -0.15) is 0 Å². The average Bonchev–Trinajstić information content (AvgIpc) is 2.39. The lowest BCUT2D eigenvalue weighted by atomic mass is 10.2. The van der Waals surface area contributed by atoms with E-state index in [1.165, 1.54) is 0 Å². The van der Waals surface area contributed by atoms with Crippen molar-refractivity contribution in [3.63, 3.8) is 0 Å². The van der Waals surface area contributed by atoms with Crippen molar-refractivity contribution in [1.29, 1.82) is 0 Å². The Balaban J connectivity index is 2.17. The van der Waals surface area contributed by atoms with E-state index in [4.69, 9.17) is 27.9 Å². The molecule has 0 atom stereocenters. The number of anilines is 1. The van der Waals surface area contributed by atoms with Crippen LogP contribution in [0.5, 0.6) is 5.75 Å². The van der Waals surface area contributed by atoms with Crippen molar-refractivity contribution in [3.05, 3.63) is 56.5 Å². The van der Waals surface area contributed by atoms with Gasteiger partial charge in [-0.05, 0) is 66.2 Å². The number of halogens is 3. The molecule has 0 aliphatic rings. The molecule has 0 aromatic heterocycles. The fraction of sp³-hybridized carbons (Fsp3) is 0.188. The Morgan fingerprint density at radius 2 is 1.77 bits per heavy atom. The Kier molecular flexibility index (Phi) is 5.73. The maximum Gasteiger partial charge on any atom is 0.255 e. The molecule has 2 aromatic rings. The molecule has 1 amide bonds. The quantitative estimate of drug-likeness (QED) is 0.702. The molecular weight excluding hydrogens is 389 g/mol. The largest absolute Gasteiger partial charge is 0.490 e. The molecule has 0 saturated heterocycles. The molecule has 0 fully saturated rings. The summed E-state index contributed by atoms with van der Waals surface area (Å²) in [5, 5.41) is 3.68. The lowest BCUT2D eigenvalue weighted by molar-refractivity contribution is 0.102. The molecule has 2 rings (SSSR count). The molecular formula is C16H14BrCl2NO2. The number of rotatable bonds is 4. The lowest BCUT2D eigenvalue weighted by Crippen LogP contribution is -2.12. The van der Waals surface area contributed by atoms with E-state index in [0.29, 0.717) is 27.0 Å². The third kappa shape index (κ3) is 4.63. The minimum atomic E-state index is -0.255. The molecule has 0 radical (unpaired) electrons. The summed E-state index contributed by atoms with van der Waals surface area (Å²) in [5.74, 6) is 0.437. The van der Waals surface area contributed by atoms with Crippen molar-refractivity contribution in [2.24, 2.45) is 0 Å². The van der Waals surface area contributed by atoms with E-state index in [1.54, 1.807) is 36.4 Å². The summed E-state index contributed by atoms with van der Waals surface area (Å²) in [6.07, 6.45) is 0.0598. The number of amides is 1. The van der Waals surface area contributed by atoms with Crippen molar-refractivity contribution in [1.82, 2.24) is 0 Å². The molecule has 0 unspecified atom stereocenters. The standard InChI is InChI=1S/C16H14BrCl2NO2/c1-9(2)22-15-4-3-10(5-14(15)17)16(21)20-13-7-11(18)6-12(19)8-13/h3-9H,1-2H3,(H,20,21). The summed E-state index contributed by atoms with van der Waals surface area (Å²) >= 11 is 15.2. The summed E-state index contributed by atoms with van der Waals surface area (Å²) in [6, 6.07) is 10.0. The van der Waals surface area contributed by atoms with Crippen molar-refractivity contribution >= 4 is 50.7 Å². The van der Waals surface area contributed by atoms with Crippen LogP contribution in [0.25, 0.3) is 0 Å². The number of hydrogen-bond acceptors (Lipinski definition) is 2. The summed E-state index contributed by atoms with van der Waals surface area (Å²) in [5.41, 5.74) is 1.04. The molecule has 6 heteroatoms. The highest BCUT2D eigenvalue weighted by Crippen LogP contribution is 2.28. The molecule has 0 spiro atoms. The van der Waals surface area contributed by atoms with Crippen molar-refractivity contribution in [3.8, 4) is 5.75 Å². The van der Waals surface area contributed by atoms with Crippen LogP contribution in [0.3, 0.4) is 0 Å². The van der Waals surface area contributed by atoms with Gasteiger partial charge in [0.15, 0.2) is 0 Å². The zero-order chi connectivity index (χ0) is 16.3.